The van der Waals surface area contributed by atoms with Gasteiger partial charge >= 0.3 is 5.97 Å². The summed E-state index contributed by atoms with van der Waals surface area (Å²) < 4.78 is 6.07. The molecule has 1 rings (SSSR count). The SMILES string of the molecule is CCNc1nc(N)n(CC(=O)OCC)n1. The van der Waals surface area contributed by atoms with Crippen LogP contribution in [0.3, 0.4) is 0 Å². The molecule has 1 aromatic heterocycles. The van der Waals surface area contributed by atoms with E-state index in [1.54, 1.807) is 6.92 Å². The Morgan fingerprint density at radius 2 is 2.33 bits per heavy atom. The molecule has 0 aliphatic heterocycles. The Bertz CT molecular complexity index is 336. The fraction of sp³-hybridized carbons (Fsp3) is 0.625. The Hall–Kier alpha value is -1.79. The number of nitrogens with one attached hydrogen (secondary N) is 1. The largest absolute Gasteiger partial charge is 0.465 e. The standard InChI is InChI=1S/C8H15N5O2/c1-3-10-8-11-7(9)13(12-8)5-6(14)15-4-2/h3-5H2,1-2H3,(H3,9,10,11,12). The van der Waals surface area contributed by atoms with Gasteiger partial charge in [-0.05, 0) is 13.8 Å². The molecule has 7 heteroatoms. The van der Waals surface area contributed by atoms with Gasteiger partial charge in [-0.3, -0.25) is 4.79 Å². The van der Waals surface area contributed by atoms with Crippen molar-refractivity contribution in [2.24, 2.45) is 0 Å². The average Bonchev–Trinajstić information content (AvgIpc) is 2.48. The van der Waals surface area contributed by atoms with E-state index >= 15 is 0 Å². The maximum Gasteiger partial charge on any atom is 0.327 e. The Morgan fingerprint density at radius 1 is 1.60 bits per heavy atom. The molecule has 0 unspecified atom stereocenters. The lowest BCUT2D eigenvalue weighted by Crippen LogP contribution is -2.16. The highest BCUT2D eigenvalue weighted by molar-refractivity contribution is 5.69. The predicted octanol–water partition coefficient (Wildman–Crippen LogP) is -0.145. The van der Waals surface area contributed by atoms with Gasteiger partial charge in [0.05, 0.1) is 6.61 Å². The van der Waals surface area contributed by atoms with Crippen molar-refractivity contribution in [2.75, 3.05) is 24.2 Å². The average molecular weight is 213 g/mol. The first-order chi connectivity index (χ1) is 7.17. The summed E-state index contributed by atoms with van der Waals surface area (Å²) in [5.74, 6) is 0.232. The van der Waals surface area contributed by atoms with Crippen molar-refractivity contribution < 1.29 is 9.53 Å². The topological polar surface area (TPSA) is 95.1 Å². The van der Waals surface area contributed by atoms with E-state index in [2.05, 4.69) is 15.4 Å². The van der Waals surface area contributed by atoms with E-state index < -0.39 is 0 Å². The predicted molar refractivity (Wildman–Crippen MR) is 55.2 cm³/mol. The van der Waals surface area contributed by atoms with Crippen molar-refractivity contribution in [1.29, 1.82) is 0 Å². The molecule has 1 heterocycles. The number of aromatic nitrogens is 3. The van der Waals surface area contributed by atoms with Crippen molar-refractivity contribution in [1.82, 2.24) is 14.8 Å². The molecule has 3 N–H and O–H groups in total. The summed E-state index contributed by atoms with van der Waals surface area (Å²) in [6.07, 6.45) is 0. The van der Waals surface area contributed by atoms with Crippen LogP contribution in [0.25, 0.3) is 0 Å². The van der Waals surface area contributed by atoms with Crippen LogP contribution in [-0.2, 0) is 16.1 Å². The molecule has 0 aliphatic rings. The molecule has 15 heavy (non-hydrogen) atoms. The van der Waals surface area contributed by atoms with Crippen LogP contribution in [0, 0.1) is 0 Å². The summed E-state index contributed by atoms with van der Waals surface area (Å²) in [5.41, 5.74) is 5.56. The summed E-state index contributed by atoms with van der Waals surface area (Å²) >= 11 is 0. The van der Waals surface area contributed by atoms with Gasteiger partial charge in [0.15, 0.2) is 0 Å². The van der Waals surface area contributed by atoms with Crippen LogP contribution in [0.2, 0.25) is 0 Å². The number of anilines is 2. The van der Waals surface area contributed by atoms with Crippen LogP contribution in [0.5, 0.6) is 0 Å². The molecule has 0 saturated heterocycles. The number of hydrogen-bond acceptors (Lipinski definition) is 6. The van der Waals surface area contributed by atoms with Gasteiger partial charge in [-0.2, -0.15) is 4.98 Å². The first-order valence-electron chi connectivity index (χ1n) is 4.77. The third kappa shape index (κ3) is 3.12. The zero-order valence-electron chi connectivity index (χ0n) is 8.86. The molecule has 84 valence electrons. The number of ether oxygens (including phenoxy) is 1. The minimum Gasteiger partial charge on any atom is -0.465 e. The van der Waals surface area contributed by atoms with Crippen LogP contribution >= 0.6 is 0 Å². The zero-order chi connectivity index (χ0) is 11.3. The van der Waals surface area contributed by atoms with Gasteiger partial charge in [0.2, 0.25) is 11.9 Å². The van der Waals surface area contributed by atoms with Crippen LogP contribution in [0.15, 0.2) is 0 Å². The summed E-state index contributed by atoms with van der Waals surface area (Å²) in [4.78, 5) is 15.1. The molecule has 0 radical (unpaired) electrons. The van der Waals surface area contributed by atoms with Crippen LogP contribution in [-0.4, -0.2) is 33.9 Å². The van der Waals surface area contributed by atoms with E-state index in [1.807, 2.05) is 6.92 Å². The van der Waals surface area contributed by atoms with Gasteiger partial charge in [-0.25, -0.2) is 4.68 Å². The number of carbonyl (C=O) groups is 1. The van der Waals surface area contributed by atoms with Crippen LogP contribution in [0.4, 0.5) is 11.9 Å². The first-order valence-corrected chi connectivity index (χ1v) is 4.77. The maximum absolute atomic E-state index is 11.1. The summed E-state index contributed by atoms with van der Waals surface area (Å²) in [5, 5.41) is 6.89. The van der Waals surface area contributed by atoms with E-state index in [4.69, 9.17) is 10.5 Å². The number of nitrogens with two attached hydrogens (primary N) is 1. The maximum atomic E-state index is 11.1. The van der Waals surface area contributed by atoms with Crippen molar-refractivity contribution in [3.63, 3.8) is 0 Å². The first kappa shape index (κ1) is 11.3. The molecular weight excluding hydrogens is 198 g/mol. The van der Waals surface area contributed by atoms with Gasteiger partial charge in [0.25, 0.3) is 0 Å². The fourth-order valence-electron chi connectivity index (χ4n) is 1.03. The van der Waals surface area contributed by atoms with E-state index in [1.165, 1.54) is 4.68 Å². The third-order valence-electron chi connectivity index (χ3n) is 1.62. The molecule has 1 aromatic rings. The minimum atomic E-state index is -0.378. The van der Waals surface area contributed by atoms with Gasteiger partial charge in [0, 0.05) is 6.54 Å². The van der Waals surface area contributed by atoms with E-state index in [9.17, 15) is 4.79 Å². The minimum absolute atomic E-state index is 0.0158. The second-order valence-electron chi connectivity index (χ2n) is 2.79. The van der Waals surface area contributed by atoms with Gasteiger partial charge in [-0.15, -0.1) is 5.10 Å². The highest BCUT2D eigenvalue weighted by atomic mass is 16.5. The molecule has 0 atom stereocenters. The number of carbonyl (C=O) groups excluding carboxylic acids is 1. The lowest BCUT2D eigenvalue weighted by Gasteiger charge is -2.01. The van der Waals surface area contributed by atoms with Crippen LogP contribution in [0.1, 0.15) is 13.8 Å². The smallest absolute Gasteiger partial charge is 0.327 e. The van der Waals surface area contributed by atoms with Gasteiger partial charge < -0.3 is 15.8 Å². The molecule has 0 bridgehead atoms. The number of rotatable bonds is 5. The molecule has 7 nitrogen and oxygen atoms in total. The molecule has 0 fully saturated rings. The monoisotopic (exact) mass is 213 g/mol. The normalized spacial score (nSPS) is 10.0. The summed E-state index contributed by atoms with van der Waals surface area (Å²) in [6, 6.07) is 0. The molecule has 0 amide bonds. The highest BCUT2D eigenvalue weighted by Gasteiger charge is 2.10. The van der Waals surface area contributed by atoms with Crippen molar-refractivity contribution in [3.8, 4) is 0 Å². The zero-order valence-corrected chi connectivity index (χ0v) is 8.86. The second-order valence-corrected chi connectivity index (χ2v) is 2.79. The quantitative estimate of drug-likeness (QED) is 0.661. The lowest BCUT2D eigenvalue weighted by molar-refractivity contribution is -0.143. The van der Waals surface area contributed by atoms with Gasteiger partial charge in [-0.1, -0.05) is 0 Å². The third-order valence-corrected chi connectivity index (χ3v) is 1.62. The number of hydrogen-bond donors (Lipinski definition) is 2. The molecule has 0 aromatic carbocycles. The van der Waals surface area contributed by atoms with E-state index in [-0.39, 0.29) is 18.5 Å². The fourth-order valence-corrected chi connectivity index (χ4v) is 1.03. The van der Waals surface area contributed by atoms with Crippen LogP contribution < -0.4 is 11.1 Å². The molecule has 0 spiro atoms. The molecular formula is C8H15N5O2. The molecule has 0 aliphatic carbocycles. The second kappa shape index (κ2) is 5.18. The summed E-state index contributed by atoms with van der Waals surface area (Å²) in [6.45, 7) is 4.68. The molecule has 0 saturated carbocycles. The number of esters is 1. The number of nitrogen functional groups attached to an aromatic ring is 1. The Balaban J connectivity index is 2.64. The Labute approximate surface area is 87.6 Å². The van der Waals surface area contributed by atoms with E-state index in [0.29, 0.717) is 19.1 Å². The van der Waals surface area contributed by atoms with Crippen molar-refractivity contribution in [2.45, 2.75) is 20.4 Å². The van der Waals surface area contributed by atoms with Crippen molar-refractivity contribution in [3.05, 3.63) is 0 Å². The Kier molecular flexibility index (Phi) is 3.90. The highest BCUT2D eigenvalue weighted by Crippen LogP contribution is 2.04. The summed E-state index contributed by atoms with van der Waals surface area (Å²) in [7, 11) is 0. The lowest BCUT2D eigenvalue weighted by atomic mass is 10.6. The number of nitrogens with zero attached hydrogens (tertiary/aromatic N) is 3. The van der Waals surface area contributed by atoms with Gasteiger partial charge in [0.1, 0.15) is 6.54 Å². The Morgan fingerprint density at radius 3 is 2.93 bits per heavy atom. The van der Waals surface area contributed by atoms with E-state index in [0.717, 1.165) is 0 Å². The van der Waals surface area contributed by atoms with Crippen molar-refractivity contribution >= 4 is 17.9 Å².